The SMILES string of the molecule is CC(=O)CC(=O)C(CO)C(CCO)CC1CC(=O)c2c(O)c(CN(C)C(C)CC(F)(F)F)cc(N(C)C)c2C1.CNC.O.[HH].[HH]. The lowest BCUT2D eigenvalue weighted by Crippen LogP contribution is -2.34. The molecule has 252 valence electrons. The minimum atomic E-state index is -4.33. The number of aliphatic hydroxyl groups is 2. The fraction of sp³-hybridized carbons (Fsp3) is 0.700. The zero-order valence-corrected chi connectivity index (χ0v) is 26.3. The van der Waals surface area contributed by atoms with Crippen molar-refractivity contribution in [2.75, 3.05) is 53.4 Å². The van der Waals surface area contributed by atoms with E-state index in [2.05, 4.69) is 5.32 Å². The highest BCUT2D eigenvalue weighted by Crippen LogP contribution is 2.43. The van der Waals surface area contributed by atoms with Crippen molar-refractivity contribution in [1.29, 1.82) is 0 Å². The van der Waals surface area contributed by atoms with Crippen molar-refractivity contribution in [2.45, 2.75) is 71.1 Å². The fourth-order valence-corrected chi connectivity index (χ4v) is 5.55. The van der Waals surface area contributed by atoms with Gasteiger partial charge in [-0.1, -0.05) is 0 Å². The number of nitrogens with one attached hydrogen (secondary N) is 1. The Kier molecular flexibility index (Phi) is 17.2. The van der Waals surface area contributed by atoms with Crippen LogP contribution in [0.15, 0.2) is 6.07 Å². The number of carbonyl (C=O) groups excluding carboxylic acids is 3. The number of phenolic OH excluding ortho intramolecular Hbond substituents is 1. The third kappa shape index (κ3) is 12.1. The van der Waals surface area contributed by atoms with Gasteiger partial charge in [-0.05, 0) is 77.7 Å². The number of aliphatic hydroxyl groups excluding tert-OH is 2. The molecule has 0 radical (unpaired) electrons. The van der Waals surface area contributed by atoms with Crippen LogP contribution in [0.3, 0.4) is 0 Å². The van der Waals surface area contributed by atoms with Gasteiger partial charge in [-0.2, -0.15) is 13.2 Å². The number of rotatable bonds is 14. The van der Waals surface area contributed by atoms with Crippen LogP contribution >= 0.6 is 0 Å². The van der Waals surface area contributed by atoms with Gasteiger partial charge in [0, 0.05) is 59.7 Å². The molecule has 0 aromatic heterocycles. The van der Waals surface area contributed by atoms with Crippen LogP contribution in [0.2, 0.25) is 0 Å². The van der Waals surface area contributed by atoms with Crippen molar-refractivity contribution in [1.82, 2.24) is 10.2 Å². The number of carbonyl (C=O) groups is 3. The Hall–Kier alpha value is -2.58. The van der Waals surface area contributed by atoms with Gasteiger partial charge in [-0.3, -0.25) is 19.3 Å². The molecule has 0 fully saturated rings. The number of fused-ring (bicyclic) bond motifs is 1. The van der Waals surface area contributed by atoms with Crippen LogP contribution in [-0.2, 0) is 22.6 Å². The van der Waals surface area contributed by atoms with E-state index in [0.717, 1.165) is 0 Å². The fourth-order valence-electron chi connectivity index (χ4n) is 5.55. The van der Waals surface area contributed by atoms with Gasteiger partial charge in [0.15, 0.2) is 5.78 Å². The summed E-state index contributed by atoms with van der Waals surface area (Å²) < 4.78 is 38.7. The summed E-state index contributed by atoms with van der Waals surface area (Å²) in [6.45, 7) is 2.07. The molecule has 2 rings (SSSR count). The molecule has 0 bridgehead atoms. The molecule has 43 heavy (non-hydrogen) atoms. The Morgan fingerprint density at radius 1 is 1.16 bits per heavy atom. The second-order valence-corrected chi connectivity index (χ2v) is 11.6. The van der Waals surface area contributed by atoms with Crippen LogP contribution in [0.5, 0.6) is 5.75 Å². The monoisotopic (exact) mass is 625 g/mol. The van der Waals surface area contributed by atoms with Crippen LogP contribution < -0.4 is 10.2 Å². The van der Waals surface area contributed by atoms with Gasteiger partial charge >= 0.3 is 6.18 Å². The second-order valence-electron chi connectivity index (χ2n) is 11.6. The number of hydrogen-bond acceptors (Lipinski definition) is 9. The van der Waals surface area contributed by atoms with E-state index < -0.39 is 42.9 Å². The minimum Gasteiger partial charge on any atom is -0.507 e. The average Bonchev–Trinajstić information content (AvgIpc) is 2.84. The molecule has 0 saturated carbocycles. The molecule has 1 aliphatic rings. The van der Waals surface area contributed by atoms with E-state index in [1.165, 1.54) is 25.8 Å². The number of alkyl halides is 3. The van der Waals surface area contributed by atoms with Crippen molar-refractivity contribution in [3.63, 3.8) is 0 Å². The molecule has 1 aromatic rings. The molecule has 10 nitrogen and oxygen atoms in total. The van der Waals surface area contributed by atoms with Gasteiger partial charge in [0.2, 0.25) is 0 Å². The van der Waals surface area contributed by atoms with Crippen LogP contribution in [-0.4, -0.2) is 104 Å². The zero-order chi connectivity index (χ0) is 32.4. The summed E-state index contributed by atoms with van der Waals surface area (Å²) in [7, 11) is 8.84. The molecule has 1 aromatic carbocycles. The highest BCUT2D eigenvalue weighted by Gasteiger charge is 2.37. The number of anilines is 1. The summed E-state index contributed by atoms with van der Waals surface area (Å²) in [6, 6.07) is 0.857. The normalized spacial score (nSPS) is 16.8. The van der Waals surface area contributed by atoms with Crippen molar-refractivity contribution in [3.05, 3.63) is 22.8 Å². The number of phenols is 1. The number of halogens is 3. The van der Waals surface area contributed by atoms with Gasteiger partial charge in [-0.15, -0.1) is 0 Å². The van der Waals surface area contributed by atoms with Crippen molar-refractivity contribution >= 4 is 23.0 Å². The molecule has 0 heterocycles. The number of hydrogen-bond donors (Lipinski definition) is 4. The lowest BCUT2D eigenvalue weighted by Gasteiger charge is -2.34. The maximum Gasteiger partial charge on any atom is 0.390 e. The van der Waals surface area contributed by atoms with Gasteiger partial charge in [0.05, 0.1) is 25.0 Å². The highest BCUT2D eigenvalue weighted by atomic mass is 19.4. The molecule has 6 N–H and O–H groups in total. The number of aromatic hydroxyl groups is 1. The Balaban J connectivity index is -0.00000282. The van der Waals surface area contributed by atoms with Crippen LogP contribution in [0, 0.1) is 17.8 Å². The summed E-state index contributed by atoms with van der Waals surface area (Å²) in [5, 5.41) is 33.4. The third-order valence-electron chi connectivity index (χ3n) is 7.63. The van der Waals surface area contributed by atoms with E-state index in [1.54, 1.807) is 25.1 Å². The van der Waals surface area contributed by atoms with Crippen LogP contribution in [0.4, 0.5) is 18.9 Å². The van der Waals surface area contributed by atoms with E-state index in [9.17, 15) is 42.9 Å². The summed E-state index contributed by atoms with van der Waals surface area (Å²) in [5.74, 6) is -2.77. The molecule has 1 aliphatic carbocycles. The molecule has 0 amide bonds. The molecule has 4 atom stereocenters. The van der Waals surface area contributed by atoms with Gasteiger partial charge in [0.25, 0.3) is 0 Å². The smallest absolute Gasteiger partial charge is 0.390 e. The van der Waals surface area contributed by atoms with E-state index in [1.807, 2.05) is 14.1 Å². The van der Waals surface area contributed by atoms with Gasteiger partial charge in [0.1, 0.15) is 17.3 Å². The Morgan fingerprint density at radius 3 is 2.21 bits per heavy atom. The first kappa shape index (κ1) is 40.4. The number of benzene rings is 1. The Morgan fingerprint density at radius 2 is 1.74 bits per heavy atom. The Bertz CT molecular complexity index is 1080. The minimum absolute atomic E-state index is 0. The Labute approximate surface area is 255 Å². The summed E-state index contributed by atoms with van der Waals surface area (Å²) in [4.78, 5) is 40.7. The second kappa shape index (κ2) is 18.3. The first-order valence-corrected chi connectivity index (χ1v) is 14.2. The third-order valence-corrected chi connectivity index (χ3v) is 7.63. The number of ketones is 3. The molecule has 4 unspecified atom stereocenters. The van der Waals surface area contributed by atoms with Crippen LogP contribution in [0.1, 0.15) is 70.3 Å². The first-order valence-electron chi connectivity index (χ1n) is 14.2. The van der Waals surface area contributed by atoms with Crippen LogP contribution in [0.25, 0.3) is 0 Å². The predicted molar refractivity (Wildman–Crippen MR) is 164 cm³/mol. The largest absolute Gasteiger partial charge is 0.507 e. The number of nitrogens with zero attached hydrogens (tertiary/aromatic N) is 2. The van der Waals surface area contributed by atoms with Crippen molar-refractivity contribution in [2.24, 2.45) is 17.8 Å². The highest BCUT2D eigenvalue weighted by molar-refractivity contribution is 6.03. The summed E-state index contributed by atoms with van der Waals surface area (Å²) >= 11 is 0. The number of Topliss-reactive ketones (excluding diaryl/α,β-unsaturated/α-hetero) is 3. The lowest BCUT2D eigenvalue weighted by molar-refractivity contribution is -0.145. The quantitative estimate of drug-likeness (QED) is 0.228. The topological polar surface area (TPSA) is 162 Å². The van der Waals surface area contributed by atoms with E-state index in [0.29, 0.717) is 29.7 Å². The lowest BCUT2D eigenvalue weighted by atomic mass is 9.73. The van der Waals surface area contributed by atoms with Gasteiger partial charge in [-0.25, -0.2) is 0 Å². The van der Waals surface area contributed by atoms with E-state index >= 15 is 0 Å². The summed E-state index contributed by atoms with van der Waals surface area (Å²) in [6.07, 6.45) is -4.60. The molecule has 0 spiro atoms. The van der Waals surface area contributed by atoms with E-state index in [4.69, 9.17) is 0 Å². The van der Waals surface area contributed by atoms with Gasteiger partial charge < -0.3 is 31.0 Å². The standard InChI is InChI=1S/C28H41F3N2O6.C2H7N.H2O.2H2/c1-16(13-28(29,30)31)33(5)14-20-12-23(32(3)4)21-10-18(11-25(38)26(21)27(20)39)9-19(6-7-34)22(15-35)24(37)8-17(2)36;1-3-2;;;/h12,16,18-19,22,34-35,39H,6-11,13-15H2,1-5H3;3H,1-2H3;1H2;2*1H. The molecule has 0 saturated heterocycles. The predicted octanol–water partition coefficient (Wildman–Crippen LogP) is 3.02. The van der Waals surface area contributed by atoms with E-state index in [-0.39, 0.29) is 69.5 Å². The molecule has 13 heteroatoms. The maximum atomic E-state index is 13.4. The zero-order valence-electron chi connectivity index (χ0n) is 26.3. The molecular weight excluding hydrogens is 571 g/mol. The summed E-state index contributed by atoms with van der Waals surface area (Å²) in [5.41, 5.74) is 1.80. The maximum absolute atomic E-state index is 13.4. The van der Waals surface area contributed by atoms with Crippen molar-refractivity contribution in [3.8, 4) is 5.75 Å². The molecule has 0 aliphatic heterocycles. The average molecular weight is 626 g/mol. The van der Waals surface area contributed by atoms with Crippen molar-refractivity contribution < 1.29 is 51.2 Å². The first-order chi connectivity index (χ1) is 19.5. The molecular formula is C30H54F3N3O7.